The van der Waals surface area contributed by atoms with Crippen LogP contribution in [-0.4, -0.2) is 56.8 Å². The number of hydrogen-bond donors (Lipinski definition) is 1. The van der Waals surface area contributed by atoms with Crippen molar-refractivity contribution in [3.8, 4) is 0 Å². The molecule has 1 atom stereocenters. The first-order chi connectivity index (χ1) is 10.1. The molecule has 0 spiro atoms. The number of amides is 1. The summed E-state index contributed by atoms with van der Waals surface area (Å²) >= 11 is 5.32. The molecular formula is C13H15ClInN3O2S. The quantitative estimate of drug-likeness (QED) is 0.744. The Balaban J connectivity index is 1.58. The normalized spacial score (nSPS) is 22.0. The second-order valence-corrected chi connectivity index (χ2v) is 14.4. The average molecular weight is 428 g/mol. The van der Waals surface area contributed by atoms with Gasteiger partial charge in [-0.25, -0.2) is 0 Å². The molecule has 110 valence electrons. The minimum atomic E-state index is -2.55. The number of likely N-dealkylation sites (tertiary alicyclic amines) is 1. The SMILES string of the molecule is NC(=O)C1CCN1C[C]1=CC=[C](Cl)[In]1[O]Cc1cscn1. The number of nitrogens with zero attached hydrogens (tertiary/aromatic N) is 2. The van der Waals surface area contributed by atoms with Crippen molar-refractivity contribution in [1.29, 1.82) is 0 Å². The van der Waals surface area contributed by atoms with Gasteiger partial charge in [0.2, 0.25) is 0 Å². The molecule has 3 heterocycles. The molecule has 2 aliphatic rings. The summed E-state index contributed by atoms with van der Waals surface area (Å²) in [5.41, 5.74) is 8.14. The fourth-order valence-electron chi connectivity index (χ4n) is 2.53. The van der Waals surface area contributed by atoms with Gasteiger partial charge in [0.1, 0.15) is 0 Å². The van der Waals surface area contributed by atoms with Gasteiger partial charge in [-0.3, -0.25) is 0 Å². The first-order valence-corrected chi connectivity index (χ1v) is 12.7. The summed E-state index contributed by atoms with van der Waals surface area (Å²) in [5.74, 6) is -0.242. The summed E-state index contributed by atoms with van der Waals surface area (Å²) in [5, 5.41) is 1.99. The van der Waals surface area contributed by atoms with Crippen LogP contribution in [0.15, 0.2) is 29.2 Å². The number of carbonyl (C=O) groups excluding carboxylic acids is 1. The van der Waals surface area contributed by atoms with Crippen molar-refractivity contribution in [1.82, 2.24) is 9.88 Å². The number of hydrogen-bond acceptors (Lipinski definition) is 5. The van der Waals surface area contributed by atoms with Crippen molar-refractivity contribution < 1.29 is 7.65 Å². The van der Waals surface area contributed by atoms with Gasteiger partial charge in [0.05, 0.1) is 0 Å². The third-order valence-corrected chi connectivity index (χ3v) is 12.3. The van der Waals surface area contributed by atoms with Crippen LogP contribution in [0, 0.1) is 0 Å². The predicted octanol–water partition coefficient (Wildman–Crippen LogP) is 1.35. The molecule has 0 aromatic carbocycles. The predicted molar refractivity (Wildman–Crippen MR) is 83.8 cm³/mol. The molecule has 0 radical (unpaired) electrons. The van der Waals surface area contributed by atoms with Crippen molar-refractivity contribution in [2.45, 2.75) is 19.1 Å². The van der Waals surface area contributed by atoms with Crippen LogP contribution in [0.1, 0.15) is 12.1 Å². The zero-order chi connectivity index (χ0) is 14.8. The van der Waals surface area contributed by atoms with Gasteiger partial charge in [0.15, 0.2) is 0 Å². The molecule has 1 fully saturated rings. The fraction of sp³-hybridized carbons (Fsp3) is 0.385. The summed E-state index contributed by atoms with van der Waals surface area (Å²) in [6.07, 6.45) is 4.85. The molecule has 8 heteroatoms. The monoisotopic (exact) mass is 427 g/mol. The topological polar surface area (TPSA) is 68.5 Å². The van der Waals surface area contributed by atoms with E-state index in [4.69, 9.17) is 20.2 Å². The van der Waals surface area contributed by atoms with E-state index in [1.165, 1.54) is 3.33 Å². The Morgan fingerprint density at radius 1 is 1.62 bits per heavy atom. The Morgan fingerprint density at radius 2 is 2.48 bits per heavy atom. The molecule has 1 aromatic rings. The zero-order valence-corrected chi connectivity index (χ0v) is 16.2. The molecule has 1 unspecified atom stereocenters. The Morgan fingerprint density at radius 3 is 3.10 bits per heavy atom. The number of rotatable bonds is 6. The van der Waals surface area contributed by atoms with E-state index in [0.29, 0.717) is 6.61 Å². The van der Waals surface area contributed by atoms with Gasteiger partial charge < -0.3 is 0 Å². The van der Waals surface area contributed by atoms with Gasteiger partial charge in [-0.15, -0.1) is 0 Å². The van der Waals surface area contributed by atoms with Crippen molar-refractivity contribution in [2.24, 2.45) is 5.73 Å². The van der Waals surface area contributed by atoms with Crippen LogP contribution < -0.4 is 5.73 Å². The maximum atomic E-state index is 11.3. The fourth-order valence-corrected chi connectivity index (χ4v) is 10.2. The van der Waals surface area contributed by atoms with E-state index in [9.17, 15) is 4.79 Å². The maximum absolute atomic E-state index is 11.3. The Bertz CT molecular complexity index is 590. The number of primary amides is 1. The van der Waals surface area contributed by atoms with Crippen molar-refractivity contribution >= 4 is 50.7 Å². The standard InChI is InChI=1S/C9H11ClN2O.C4H4NOS.In/c10-5-2-1-3-6-12-7-4-8(12)9(11)13;6-1-4-2-7-3-5-4;/h1-2,8H,4,6-7H2,(H2,11,13);2-3H,1H2;/q;-1;+1. The van der Waals surface area contributed by atoms with Crippen LogP contribution in [0.3, 0.4) is 0 Å². The molecule has 2 aliphatic heterocycles. The van der Waals surface area contributed by atoms with E-state index in [1.807, 2.05) is 11.5 Å². The molecule has 5 nitrogen and oxygen atoms in total. The Kier molecular flexibility index (Phi) is 5.06. The summed E-state index contributed by atoms with van der Waals surface area (Å²) in [6.45, 7) is 2.18. The third kappa shape index (κ3) is 3.53. The van der Waals surface area contributed by atoms with Crippen LogP contribution in [0.5, 0.6) is 0 Å². The number of aromatic nitrogens is 1. The third-order valence-electron chi connectivity index (χ3n) is 3.77. The molecule has 0 saturated carbocycles. The summed E-state index contributed by atoms with van der Waals surface area (Å²) < 4.78 is 8.22. The first kappa shape index (κ1) is 15.6. The molecule has 1 amide bonds. The average Bonchev–Trinajstić information content (AvgIpc) is 3.02. The zero-order valence-electron chi connectivity index (χ0n) is 11.4. The number of thiazole rings is 1. The molecule has 1 aromatic heterocycles. The van der Waals surface area contributed by atoms with E-state index in [1.54, 1.807) is 16.8 Å². The van der Waals surface area contributed by atoms with Crippen molar-refractivity contribution in [3.05, 3.63) is 34.9 Å². The minimum absolute atomic E-state index is 0.129. The van der Waals surface area contributed by atoms with Gasteiger partial charge in [-0.1, -0.05) is 0 Å². The molecule has 0 bridgehead atoms. The summed E-state index contributed by atoms with van der Waals surface area (Å²) in [4.78, 5) is 17.6. The number of nitrogens with two attached hydrogens (primary N) is 1. The van der Waals surface area contributed by atoms with Gasteiger partial charge in [-0.05, 0) is 0 Å². The van der Waals surface area contributed by atoms with Crippen LogP contribution in [0.4, 0.5) is 0 Å². The summed E-state index contributed by atoms with van der Waals surface area (Å²) in [6, 6.07) is -0.129. The van der Waals surface area contributed by atoms with Gasteiger partial charge in [0.25, 0.3) is 0 Å². The second kappa shape index (κ2) is 6.83. The van der Waals surface area contributed by atoms with Crippen LogP contribution in [0.2, 0.25) is 0 Å². The van der Waals surface area contributed by atoms with Crippen LogP contribution in [-0.2, 0) is 14.3 Å². The van der Waals surface area contributed by atoms with Gasteiger partial charge in [0, 0.05) is 0 Å². The first-order valence-electron chi connectivity index (χ1n) is 6.73. The Labute approximate surface area is 140 Å². The van der Waals surface area contributed by atoms with E-state index >= 15 is 0 Å². The van der Waals surface area contributed by atoms with Crippen LogP contribution >= 0.6 is 22.9 Å². The molecule has 21 heavy (non-hydrogen) atoms. The number of carbonyl (C=O) groups is 1. The molecular weight excluding hydrogens is 413 g/mol. The second-order valence-electron chi connectivity index (χ2n) is 5.14. The van der Waals surface area contributed by atoms with Crippen molar-refractivity contribution in [3.63, 3.8) is 0 Å². The van der Waals surface area contributed by atoms with Gasteiger partial charge in [-0.2, -0.15) is 0 Å². The van der Waals surface area contributed by atoms with Crippen molar-refractivity contribution in [2.75, 3.05) is 13.1 Å². The van der Waals surface area contributed by atoms with E-state index in [0.717, 1.165) is 28.0 Å². The van der Waals surface area contributed by atoms with E-state index in [-0.39, 0.29) is 11.9 Å². The Hall–Kier alpha value is -0.340. The van der Waals surface area contributed by atoms with Crippen LogP contribution in [0.25, 0.3) is 0 Å². The van der Waals surface area contributed by atoms with Gasteiger partial charge >= 0.3 is 141 Å². The molecule has 3 rings (SSSR count). The number of halogens is 1. The molecule has 2 N–H and O–H groups in total. The number of allylic oxidation sites excluding steroid dienone is 2. The molecule has 1 saturated heterocycles. The van der Waals surface area contributed by atoms with E-state index < -0.39 is 21.9 Å². The summed E-state index contributed by atoms with van der Waals surface area (Å²) in [7, 11) is 0. The molecule has 0 aliphatic carbocycles. The van der Waals surface area contributed by atoms with E-state index in [2.05, 4.69) is 16.0 Å².